The normalized spacial score (nSPS) is 19.0. The molecule has 1 amide bonds. The maximum Gasteiger partial charge on any atom is 0.350 e. The number of fused-ring (bicyclic) bond motifs is 1. The molecule has 1 N–H and O–H groups in total. The predicted octanol–water partition coefficient (Wildman–Crippen LogP) is 5.98. The third kappa shape index (κ3) is 4.79. The number of benzene rings is 3. The molecule has 4 aromatic rings. The van der Waals surface area contributed by atoms with Gasteiger partial charge in [0.1, 0.15) is 34.0 Å². The second-order valence-corrected chi connectivity index (χ2v) is 11.0. The predicted molar refractivity (Wildman–Crippen MR) is 156 cm³/mol. The van der Waals surface area contributed by atoms with Crippen LogP contribution in [-0.2, 0) is 20.7 Å². The van der Waals surface area contributed by atoms with Crippen molar-refractivity contribution < 1.29 is 33.7 Å². The highest BCUT2D eigenvalue weighted by molar-refractivity contribution is 7.17. The van der Waals surface area contributed by atoms with Crippen molar-refractivity contribution in [3.63, 3.8) is 0 Å². The number of ether oxygens (including phenoxy) is 3. The molecule has 212 valence electrons. The molecular weight excluding hydrogens is 556 g/mol. The summed E-state index contributed by atoms with van der Waals surface area (Å²) in [6.07, 6.45) is 0.648. The van der Waals surface area contributed by atoms with Crippen LogP contribution in [0.4, 0.5) is 5.13 Å². The maximum atomic E-state index is 13.7. The standard InChI is InChI=1S/C32H26N2O7S/c1-17-14-21-15-20(12-13-24(21)40-17)27(35)25-26(19-8-7-11-23(16-19)41-22-9-5-4-6-10-22)34(30(37)28(25)36)32-33-18(2)29(42-32)31(38)39-3/h4-13,15-17,26,35H,14H2,1-3H3. The summed E-state index contributed by atoms with van der Waals surface area (Å²) in [5.74, 6) is -0.870. The van der Waals surface area contributed by atoms with Crippen LogP contribution in [0.1, 0.15) is 45.0 Å². The summed E-state index contributed by atoms with van der Waals surface area (Å²) in [5.41, 5.74) is 2.05. The summed E-state index contributed by atoms with van der Waals surface area (Å²) >= 11 is 0.942. The summed E-state index contributed by atoms with van der Waals surface area (Å²) in [6.45, 7) is 3.58. The lowest BCUT2D eigenvalue weighted by Crippen LogP contribution is -2.29. The fourth-order valence-corrected chi connectivity index (χ4v) is 6.22. The lowest BCUT2D eigenvalue weighted by Gasteiger charge is -2.23. The number of hydrogen-bond acceptors (Lipinski definition) is 9. The first kappa shape index (κ1) is 27.2. The third-order valence-electron chi connectivity index (χ3n) is 7.13. The maximum absolute atomic E-state index is 13.7. The molecular formula is C32H26N2O7S. The number of aliphatic hydroxyl groups excluding tert-OH is 1. The number of ketones is 1. The number of Topliss-reactive ketones (excluding diaryl/α,β-unsaturated/α-hetero) is 1. The van der Waals surface area contributed by atoms with Gasteiger partial charge < -0.3 is 19.3 Å². The average molecular weight is 583 g/mol. The summed E-state index contributed by atoms with van der Waals surface area (Å²) < 4.78 is 16.7. The van der Waals surface area contributed by atoms with Crippen molar-refractivity contribution in [2.75, 3.05) is 12.0 Å². The number of aliphatic hydroxyl groups is 1. The number of esters is 1. The van der Waals surface area contributed by atoms with Gasteiger partial charge >= 0.3 is 11.9 Å². The van der Waals surface area contributed by atoms with Crippen LogP contribution in [0.5, 0.6) is 17.2 Å². The molecule has 0 aliphatic carbocycles. The van der Waals surface area contributed by atoms with Crippen LogP contribution in [0, 0.1) is 6.92 Å². The quantitative estimate of drug-likeness (QED) is 0.128. The zero-order valence-electron chi connectivity index (χ0n) is 23.0. The van der Waals surface area contributed by atoms with E-state index in [1.54, 1.807) is 49.4 Å². The number of thiazole rings is 1. The van der Waals surface area contributed by atoms with Gasteiger partial charge in [-0.1, -0.05) is 41.7 Å². The van der Waals surface area contributed by atoms with Gasteiger partial charge in [-0.2, -0.15) is 0 Å². The molecule has 10 heteroatoms. The van der Waals surface area contributed by atoms with Crippen molar-refractivity contribution in [3.05, 3.63) is 106 Å². The summed E-state index contributed by atoms with van der Waals surface area (Å²) in [7, 11) is 1.26. The Hall–Kier alpha value is -4.96. The zero-order valence-corrected chi connectivity index (χ0v) is 23.8. The van der Waals surface area contributed by atoms with E-state index in [-0.39, 0.29) is 27.4 Å². The summed E-state index contributed by atoms with van der Waals surface area (Å²) in [5, 5.41) is 11.7. The second kappa shape index (κ2) is 10.8. The van der Waals surface area contributed by atoms with Gasteiger partial charge in [-0.3, -0.25) is 14.5 Å². The summed E-state index contributed by atoms with van der Waals surface area (Å²) in [4.78, 5) is 45.5. The van der Waals surface area contributed by atoms with E-state index in [1.807, 2.05) is 37.3 Å². The van der Waals surface area contributed by atoms with Crippen LogP contribution in [0.2, 0.25) is 0 Å². The van der Waals surface area contributed by atoms with Gasteiger partial charge in [0.05, 0.1) is 24.4 Å². The molecule has 2 aliphatic heterocycles. The number of para-hydroxylation sites is 1. The van der Waals surface area contributed by atoms with Crippen molar-refractivity contribution in [2.24, 2.45) is 0 Å². The van der Waals surface area contributed by atoms with Crippen molar-refractivity contribution in [1.82, 2.24) is 4.98 Å². The number of aromatic nitrogens is 1. The minimum Gasteiger partial charge on any atom is -0.507 e. The molecule has 3 aromatic carbocycles. The van der Waals surface area contributed by atoms with Crippen LogP contribution < -0.4 is 14.4 Å². The monoisotopic (exact) mass is 582 g/mol. The number of carbonyl (C=O) groups excluding carboxylic acids is 3. The van der Waals surface area contributed by atoms with E-state index in [0.717, 1.165) is 22.6 Å². The van der Waals surface area contributed by atoms with Crippen LogP contribution in [0.3, 0.4) is 0 Å². The Kier molecular flexibility index (Phi) is 6.99. The lowest BCUT2D eigenvalue weighted by molar-refractivity contribution is -0.132. The number of rotatable bonds is 6. The Labute approximate surface area is 245 Å². The molecule has 1 aromatic heterocycles. The molecule has 9 nitrogen and oxygen atoms in total. The largest absolute Gasteiger partial charge is 0.507 e. The Morgan fingerprint density at radius 3 is 2.57 bits per heavy atom. The second-order valence-electron chi connectivity index (χ2n) is 10.0. The molecule has 3 heterocycles. The number of nitrogens with zero attached hydrogens (tertiary/aromatic N) is 2. The van der Waals surface area contributed by atoms with E-state index < -0.39 is 23.7 Å². The average Bonchev–Trinajstić information content (AvgIpc) is 3.64. The number of hydrogen-bond donors (Lipinski definition) is 1. The fraction of sp³-hybridized carbons (Fsp3) is 0.188. The molecule has 1 fully saturated rings. The highest BCUT2D eigenvalue weighted by Crippen LogP contribution is 2.45. The number of anilines is 1. The molecule has 2 aliphatic rings. The van der Waals surface area contributed by atoms with Gasteiger partial charge in [-0.15, -0.1) is 0 Å². The van der Waals surface area contributed by atoms with Gasteiger partial charge in [-0.05, 0) is 67.4 Å². The Morgan fingerprint density at radius 2 is 1.81 bits per heavy atom. The van der Waals surface area contributed by atoms with Gasteiger partial charge in [-0.25, -0.2) is 9.78 Å². The van der Waals surface area contributed by atoms with Crippen molar-refractivity contribution >= 4 is 39.9 Å². The van der Waals surface area contributed by atoms with Gasteiger partial charge in [0.15, 0.2) is 5.13 Å². The van der Waals surface area contributed by atoms with E-state index in [9.17, 15) is 19.5 Å². The number of carbonyl (C=O) groups is 3. The summed E-state index contributed by atoms with van der Waals surface area (Å²) in [6, 6.07) is 20.3. The van der Waals surface area contributed by atoms with Crippen molar-refractivity contribution in [3.8, 4) is 17.2 Å². The van der Waals surface area contributed by atoms with Gasteiger partial charge in [0, 0.05) is 12.0 Å². The SMILES string of the molecule is COC(=O)c1sc(N2C(=O)C(=O)C(=C(O)c3ccc4c(c3)CC(C)O4)C2c2cccc(Oc3ccccc3)c2)nc1C. The number of amides is 1. The minimum absolute atomic E-state index is 0.00696. The highest BCUT2D eigenvalue weighted by Gasteiger charge is 2.48. The number of methoxy groups -OCH3 is 1. The molecule has 0 bridgehead atoms. The van der Waals surface area contributed by atoms with E-state index in [1.165, 1.54) is 12.0 Å². The van der Waals surface area contributed by atoms with Gasteiger partial charge in [0.25, 0.3) is 5.78 Å². The Bertz CT molecular complexity index is 1760. The fourth-order valence-electron chi connectivity index (χ4n) is 5.21. The molecule has 2 unspecified atom stereocenters. The molecule has 1 saturated heterocycles. The van der Waals surface area contributed by atoms with Crippen LogP contribution in [0.25, 0.3) is 5.76 Å². The molecule has 42 heavy (non-hydrogen) atoms. The number of aryl methyl sites for hydroxylation is 1. The smallest absolute Gasteiger partial charge is 0.350 e. The van der Waals surface area contributed by atoms with E-state index in [0.29, 0.717) is 34.7 Å². The van der Waals surface area contributed by atoms with Crippen LogP contribution in [0.15, 0.2) is 78.4 Å². The first-order valence-corrected chi connectivity index (χ1v) is 14.1. The Balaban J connectivity index is 1.50. The van der Waals surface area contributed by atoms with Crippen molar-refractivity contribution in [1.29, 1.82) is 0 Å². The molecule has 0 spiro atoms. The first-order valence-electron chi connectivity index (χ1n) is 13.2. The molecule has 0 radical (unpaired) electrons. The van der Waals surface area contributed by atoms with Crippen molar-refractivity contribution in [2.45, 2.75) is 32.4 Å². The van der Waals surface area contributed by atoms with E-state index in [2.05, 4.69) is 4.98 Å². The Morgan fingerprint density at radius 1 is 1.05 bits per heavy atom. The molecule has 6 rings (SSSR count). The van der Waals surface area contributed by atoms with Crippen LogP contribution >= 0.6 is 11.3 Å². The lowest BCUT2D eigenvalue weighted by atomic mass is 9.94. The topological polar surface area (TPSA) is 115 Å². The zero-order chi connectivity index (χ0) is 29.5. The molecule has 2 atom stereocenters. The third-order valence-corrected chi connectivity index (χ3v) is 8.27. The minimum atomic E-state index is -1.05. The van der Waals surface area contributed by atoms with Gasteiger partial charge in [0.2, 0.25) is 0 Å². The first-order chi connectivity index (χ1) is 20.2. The molecule has 0 saturated carbocycles. The van der Waals surface area contributed by atoms with E-state index >= 15 is 0 Å². The van der Waals surface area contributed by atoms with Crippen LogP contribution in [-0.4, -0.2) is 41.0 Å². The van der Waals surface area contributed by atoms with E-state index in [4.69, 9.17) is 14.2 Å². The highest BCUT2D eigenvalue weighted by atomic mass is 32.1.